The predicted octanol–water partition coefficient (Wildman–Crippen LogP) is -0.889. The molecule has 1 aliphatic heterocycles. The van der Waals surface area contributed by atoms with Gasteiger partial charge in [-0.05, 0) is 25.2 Å². The number of aliphatic imine (C=N–C) groups is 1. The van der Waals surface area contributed by atoms with Crippen molar-refractivity contribution >= 4 is 23.7 Å². The van der Waals surface area contributed by atoms with Crippen molar-refractivity contribution in [1.29, 1.82) is 0 Å². The van der Waals surface area contributed by atoms with Crippen LogP contribution in [0.5, 0.6) is 0 Å². The van der Waals surface area contributed by atoms with E-state index in [-0.39, 0.29) is 47.9 Å². The first-order valence-electron chi connectivity index (χ1n) is 9.88. The minimum atomic E-state index is -0.199. The maximum absolute atomic E-state index is 12.7. The van der Waals surface area contributed by atoms with Crippen LogP contribution in [-0.4, -0.2) is 75.0 Å². The molecular formula is C19H29N5O4. The normalized spacial score (nSPS) is 28.1. The van der Waals surface area contributed by atoms with Gasteiger partial charge in [0.1, 0.15) is 6.54 Å². The molecule has 3 N–H and O–H groups in total. The topological polar surface area (TPSA) is 112 Å². The van der Waals surface area contributed by atoms with E-state index in [1.165, 1.54) is 4.90 Å². The van der Waals surface area contributed by atoms with Gasteiger partial charge in [0.2, 0.25) is 17.7 Å². The van der Waals surface area contributed by atoms with E-state index in [1.807, 2.05) is 6.92 Å². The number of guanidine groups is 1. The highest BCUT2D eigenvalue weighted by Crippen LogP contribution is 2.52. The van der Waals surface area contributed by atoms with E-state index in [4.69, 9.17) is 4.74 Å². The quantitative estimate of drug-likeness (QED) is 0.155. The molecule has 0 radical (unpaired) electrons. The van der Waals surface area contributed by atoms with E-state index in [9.17, 15) is 14.4 Å². The third-order valence-corrected chi connectivity index (χ3v) is 5.54. The highest BCUT2D eigenvalue weighted by Gasteiger charge is 2.58. The summed E-state index contributed by atoms with van der Waals surface area (Å²) >= 11 is 0. The van der Waals surface area contributed by atoms with E-state index in [1.54, 1.807) is 7.11 Å². The van der Waals surface area contributed by atoms with E-state index in [2.05, 4.69) is 33.1 Å². The van der Waals surface area contributed by atoms with Crippen LogP contribution in [0.4, 0.5) is 0 Å². The zero-order valence-electron chi connectivity index (χ0n) is 16.4. The summed E-state index contributed by atoms with van der Waals surface area (Å²) in [7, 11) is 1.57. The van der Waals surface area contributed by atoms with Gasteiger partial charge < -0.3 is 20.7 Å². The lowest BCUT2D eigenvalue weighted by molar-refractivity contribution is -0.140. The number of fused-ring (bicyclic) bond motifs is 5. The van der Waals surface area contributed by atoms with Crippen molar-refractivity contribution in [3.05, 3.63) is 12.2 Å². The first-order chi connectivity index (χ1) is 13.6. The second kappa shape index (κ2) is 9.18. The summed E-state index contributed by atoms with van der Waals surface area (Å²) in [5, 5.41) is 8.84. The fourth-order valence-corrected chi connectivity index (χ4v) is 4.31. The van der Waals surface area contributed by atoms with E-state index < -0.39 is 0 Å². The monoisotopic (exact) mass is 391 g/mol. The summed E-state index contributed by atoms with van der Waals surface area (Å²) in [4.78, 5) is 42.7. The zero-order chi connectivity index (χ0) is 20.1. The Morgan fingerprint density at radius 2 is 1.82 bits per heavy atom. The molecule has 0 aromatic carbocycles. The van der Waals surface area contributed by atoms with Gasteiger partial charge in [-0.2, -0.15) is 0 Å². The zero-order valence-corrected chi connectivity index (χ0v) is 16.4. The van der Waals surface area contributed by atoms with Gasteiger partial charge in [0.25, 0.3) is 0 Å². The number of hydrogen-bond acceptors (Lipinski definition) is 5. The number of hydrogen-bond donors (Lipinski definition) is 3. The number of ether oxygens (including phenoxy) is 1. The van der Waals surface area contributed by atoms with Gasteiger partial charge in [-0.25, -0.2) is 4.99 Å². The number of amides is 3. The minimum Gasteiger partial charge on any atom is -0.383 e. The maximum Gasteiger partial charge on any atom is 0.241 e. The molecule has 1 heterocycles. The van der Waals surface area contributed by atoms with Crippen molar-refractivity contribution < 1.29 is 19.1 Å². The molecule has 3 aliphatic rings. The minimum absolute atomic E-state index is 0.0141. The maximum atomic E-state index is 12.7. The van der Waals surface area contributed by atoms with E-state index >= 15 is 0 Å². The second-order valence-electron chi connectivity index (χ2n) is 7.29. The lowest BCUT2D eigenvalue weighted by atomic mass is 9.85. The van der Waals surface area contributed by atoms with Crippen LogP contribution in [0, 0.1) is 23.7 Å². The van der Waals surface area contributed by atoms with Gasteiger partial charge in [0.05, 0.1) is 18.4 Å². The Bertz CT molecular complexity index is 647. The molecule has 154 valence electrons. The van der Waals surface area contributed by atoms with Crippen molar-refractivity contribution in [3.8, 4) is 0 Å². The van der Waals surface area contributed by atoms with Crippen LogP contribution < -0.4 is 16.0 Å². The fourth-order valence-electron chi connectivity index (χ4n) is 4.31. The van der Waals surface area contributed by atoms with Crippen molar-refractivity contribution in [2.45, 2.75) is 13.3 Å². The number of imide groups is 1. The molecule has 3 amide bonds. The molecule has 0 aromatic heterocycles. The first-order valence-corrected chi connectivity index (χ1v) is 9.88. The van der Waals surface area contributed by atoms with Gasteiger partial charge in [0, 0.05) is 33.3 Å². The van der Waals surface area contributed by atoms with Crippen LogP contribution in [0.3, 0.4) is 0 Å². The number of nitrogens with zero attached hydrogens (tertiary/aromatic N) is 2. The van der Waals surface area contributed by atoms with E-state index in [0.29, 0.717) is 38.7 Å². The van der Waals surface area contributed by atoms with Crippen molar-refractivity contribution in [2.24, 2.45) is 28.7 Å². The van der Waals surface area contributed by atoms with Crippen LogP contribution in [0.1, 0.15) is 13.3 Å². The number of allylic oxidation sites excluding steroid dienone is 2. The van der Waals surface area contributed by atoms with Crippen LogP contribution in [-0.2, 0) is 19.1 Å². The third-order valence-electron chi connectivity index (χ3n) is 5.54. The van der Waals surface area contributed by atoms with Crippen LogP contribution in [0.15, 0.2) is 17.1 Å². The predicted molar refractivity (Wildman–Crippen MR) is 103 cm³/mol. The molecule has 1 saturated carbocycles. The van der Waals surface area contributed by atoms with Crippen molar-refractivity contribution in [3.63, 3.8) is 0 Å². The second-order valence-corrected chi connectivity index (χ2v) is 7.29. The Morgan fingerprint density at radius 1 is 1.14 bits per heavy atom. The molecule has 9 heteroatoms. The number of carbonyl (C=O) groups excluding carboxylic acids is 3. The number of nitrogens with one attached hydrogen (secondary N) is 3. The number of rotatable bonds is 9. The molecule has 28 heavy (non-hydrogen) atoms. The van der Waals surface area contributed by atoms with Gasteiger partial charge in [-0.1, -0.05) is 12.2 Å². The molecule has 1 saturated heterocycles. The lowest BCUT2D eigenvalue weighted by Crippen LogP contribution is -2.44. The average Bonchev–Trinajstić information content (AvgIpc) is 3.35. The van der Waals surface area contributed by atoms with Crippen molar-refractivity contribution in [1.82, 2.24) is 20.9 Å². The summed E-state index contributed by atoms with van der Waals surface area (Å²) < 4.78 is 4.88. The summed E-state index contributed by atoms with van der Waals surface area (Å²) in [5.41, 5.74) is 0. The summed E-state index contributed by atoms with van der Waals surface area (Å²) in [6.07, 6.45) is 5.11. The fraction of sp³-hybridized carbons (Fsp3) is 0.684. The first kappa shape index (κ1) is 20.3. The van der Waals surface area contributed by atoms with Crippen molar-refractivity contribution in [2.75, 3.05) is 46.4 Å². The highest BCUT2D eigenvalue weighted by atomic mass is 16.5. The van der Waals surface area contributed by atoms with Crippen LogP contribution in [0.25, 0.3) is 0 Å². The molecule has 0 aromatic rings. The molecule has 0 spiro atoms. The highest BCUT2D eigenvalue weighted by molar-refractivity contribution is 6.06. The summed E-state index contributed by atoms with van der Waals surface area (Å²) in [5.74, 6) is 0.293. The Balaban J connectivity index is 1.47. The number of carbonyl (C=O) groups is 3. The van der Waals surface area contributed by atoms with Gasteiger partial charge in [0.15, 0.2) is 5.96 Å². The smallest absolute Gasteiger partial charge is 0.241 e. The van der Waals surface area contributed by atoms with Crippen LogP contribution >= 0.6 is 0 Å². The standard InChI is InChI=1S/C19H29N5O4/c1-3-20-19(23-11-14(25)21-7-9-28-2)22-6-8-24-17(26)15-12-4-5-13(10-12)16(15)18(24)27/h4-5,12-13,15-16H,3,6-11H2,1-2H3,(H,21,25)(H2,20,22,23). The molecule has 4 unspecified atom stereocenters. The number of methoxy groups -OCH3 is 1. The summed E-state index contributed by atoms with van der Waals surface area (Å²) in [6.45, 7) is 4.12. The molecule has 9 nitrogen and oxygen atoms in total. The van der Waals surface area contributed by atoms with Gasteiger partial charge in [-0.3, -0.25) is 19.3 Å². The Morgan fingerprint density at radius 3 is 2.43 bits per heavy atom. The Labute approximate surface area is 165 Å². The number of likely N-dealkylation sites (tertiary alicyclic amines) is 1. The third kappa shape index (κ3) is 4.19. The molecule has 2 fully saturated rings. The van der Waals surface area contributed by atoms with Crippen LogP contribution in [0.2, 0.25) is 0 Å². The Kier molecular flexibility index (Phi) is 6.66. The molecule has 2 bridgehead atoms. The van der Waals surface area contributed by atoms with Gasteiger partial charge >= 0.3 is 0 Å². The van der Waals surface area contributed by atoms with E-state index in [0.717, 1.165) is 6.42 Å². The molecule has 4 atom stereocenters. The largest absolute Gasteiger partial charge is 0.383 e. The van der Waals surface area contributed by atoms with Gasteiger partial charge in [-0.15, -0.1) is 0 Å². The summed E-state index contributed by atoms with van der Waals surface area (Å²) in [6, 6.07) is 0. The molecule has 2 aliphatic carbocycles. The molecular weight excluding hydrogens is 362 g/mol. The average molecular weight is 391 g/mol. The SMILES string of the molecule is CCNC(=NCC(=O)NCCOC)NCCN1C(=O)C2C3C=CC(C3)C2C1=O. The Hall–Kier alpha value is -2.42. The molecule has 3 rings (SSSR count). The lowest BCUT2D eigenvalue weighted by Gasteiger charge is -2.18.